The van der Waals surface area contributed by atoms with Gasteiger partial charge in [-0.05, 0) is 53.7 Å². The molecule has 3 N–H and O–H groups in total. The zero-order valence-electron chi connectivity index (χ0n) is 22.2. The highest BCUT2D eigenvalue weighted by Crippen LogP contribution is 2.53. The van der Waals surface area contributed by atoms with E-state index in [0.29, 0.717) is 10.8 Å². The van der Waals surface area contributed by atoms with E-state index in [1.54, 1.807) is 37.0 Å². The molecule has 39 heavy (non-hydrogen) atoms. The third-order valence-electron chi connectivity index (χ3n) is 5.87. The molecule has 0 aliphatic carbocycles. The van der Waals surface area contributed by atoms with E-state index in [4.69, 9.17) is 18.5 Å². The molecule has 3 rings (SSSR count). The number of ether oxygens (including phenoxy) is 2. The van der Waals surface area contributed by atoms with Crippen LogP contribution in [0.4, 0.5) is 8.78 Å². The van der Waals surface area contributed by atoms with Crippen molar-refractivity contribution in [1.82, 2.24) is 14.6 Å². The van der Waals surface area contributed by atoms with Gasteiger partial charge in [-0.25, -0.2) is 13.8 Å². The second-order valence-electron chi connectivity index (χ2n) is 10.1. The number of aliphatic hydroxyl groups excluding tert-OH is 1. The zero-order valence-corrected chi connectivity index (χ0v) is 23.1. The Kier molecular flexibility index (Phi) is 8.88. The first-order valence-corrected chi connectivity index (χ1v) is 13.6. The maximum atomic E-state index is 15.8. The van der Waals surface area contributed by atoms with Crippen LogP contribution in [0.3, 0.4) is 0 Å². The number of nitrogens with zero attached hydrogens (tertiary/aromatic N) is 1. The fourth-order valence-corrected chi connectivity index (χ4v) is 5.83. The molecular weight excluding hydrogens is 543 g/mol. The summed E-state index contributed by atoms with van der Waals surface area (Å²) in [6.07, 6.45) is -5.50. The Labute approximate surface area is 222 Å². The van der Waals surface area contributed by atoms with Crippen LogP contribution in [0.2, 0.25) is 0 Å². The molecule has 2 aromatic rings. The summed E-state index contributed by atoms with van der Waals surface area (Å²) in [4.78, 5) is 37.8. The summed E-state index contributed by atoms with van der Waals surface area (Å²) in [6, 6.07) is 6.67. The van der Waals surface area contributed by atoms with E-state index in [9.17, 15) is 28.4 Å². The largest absolute Gasteiger partial charge is 0.462 e. The van der Waals surface area contributed by atoms with Crippen molar-refractivity contribution in [2.45, 2.75) is 83.4 Å². The maximum absolute atomic E-state index is 15.8. The maximum Gasteiger partial charge on any atom is 0.460 e. The molecule has 0 radical (unpaired) electrons. The molecule has 0 bridgehead atoms. The number of para-hydroxylation sites is 1. The van der Waals surface area contributed by atoms with Crippen molar-refractivity contribution in [3.05, 3.63) is 63.2 Å². The minimum Gasteiger partial charge on any atom is -0.462 e. The van der Waals surface area contributed by atoms with Crippen molar-refractivity contribution >= 4 is 13.7 Å². The highest BCUT2D eigenvalue weighted by molar-refractivity contribution is 7.52. The number of H-pyrrole nitrogens is 1. The molecule has 1 aromatic carbocycles. The number of hydrogen-bond donors (Lipinski definition) is 3. The van der Waals surface area contributed by atoms with Gasteiger partial charge in [-0.3, -0.25) is 23.7 Å². The highest BCUT2D eigenvalue weighted by Gasteiger charge is 2.61. The van der Waals surface area contributed by atoms with Gasteiger partial charge in [0.15, 0.2) is 11.9 Å². The van der Waals surface area contributed by atoms with Gasteiger partial charge >= 0.3 is 19.4 Å². The number of alkyl halides is 1. The van der Waals surface area contributed by atoms with Crippen LogP contribution < -0.4 is 20.9 Å². The summed E-state index contributed by atoms with van der Waals surface area (Å²) < 4.78 is 66.3. The molecule has 1 aliphatic rings. The van der Waals surface area contributed by atoms with Crippen LogP contribution in [0.15, 0.2) is 46.1 Å². The SMILES string of the molecule is CC(C)OC(=O)[C@H](C)N[P@@](=O)(Oc1ccccc1)OC(C)(C)[C@H]1O[C@@H](n2cc(F)c(=O)[nH]c2=O)[C@](C)(F)C1O. The van der Waals surface area contributed by atoms with E-state index in [1.165, 1.54) is 32.9 Å². The molecule has 216 valence electrons. The van der Waals surface area contributed by atoms with E-state index in [2.05, 4.69) is 5.09 Å². The van der Waals surface area contributed by atoms with Crippen LogP contribution in [-0.4, -0.2) is 56.3 Å². The van der Waals surface area contributed by atoms with Crippen LogP contribution in [0, 0.1) is 5.82 Å². The fourth-order valence-electron chi connectivity index (χ4n) is 3.98. The predicted molar refractivity (Wildman–Crippen MR) is 134 cm³/mol. The Morgan fingerprint density at radius 3 is 2.46 bits per heavy atom. The molecule has 0 saturated carbocycles. The lowest BCUT2D eigenvalue weighted by molar-refractivity contribution is -0.149. The molecule has 1 saturated heterocycles. The Morgan fingerprint density at radius 2 is 1.87 bits per heavy atom. The minimum absolute atomic E-state index is 0.102. The fraction of sp³-hybridized carbons (Fsp3) is 0.542. The first-order chi connectivity index (χ1) is 18.0. The summed E-state index contributed by atoms with van der Waals surface area (Å²) >= 11 is 0. The first-order valence-electron chi connectivity index (χ1n) is 12.0. The molecular formula is C24H32F2N3O9P. The Balaban J connectivity index is 1.94. The number of aromatic nitrogens is 2. The Hall–Kier alpha value is -2.90. The lowest BCUT2D eigenvalue weighted by Gasteiger charge is -2.36. The van der Waals surface area contributed by atoms with Crippen molar-refractivity contribution in [3.8, 4) is 5.75 Å². The van der Waals surface area contributed by atoms with Gasteiger partial charge in [0, 0.05) is 0 Å². The minimum atomic E-state index is -4.49. The first kappa shape index (κ1) is 30.6. The Morgan fingerprint density at radius 1 is 1.26 bits per heavy atom. The number of esters is 1. The van der Waals surface area contributed by atoms with E-state index in [-0.39, 0.29) is 5.75 Å². The van der Waals surface area contributed by atoms with Crippen LogP contribution in [0.5, 0.6) is 5.75 Å². The monoisotopic (exact) mass is 575 g/mol. The van der Waals surface area contributed by atoms with Crippen LogP contribution >= 0.6 is 7.75 Å². The molecule has 2 heterocycles. The van der Waals surface area contributed by atoms with Gasteiger partial charge in [0.25, 0.3) is 5.56 Å². The summed E-state index contributed by atoms with van der Waals surface area (Å²) in [6.45, 7) is 8.18. The summed E-state index contributed by atoms with van der Waals surface area (Å²) in [7, 11) is -4.49. The number of carbonyl (C=O) groups is 1. The lowest BCUT2D eigenvalue weighted by atomic mass is 9.90. The summed E-state index contributed by atoms with van der Waals surface area (Å²) in [5.41, 5.74) is -7.01. The van der Waals surface area contributed by atoms with Crippen molar-refractivity contribution in [2.24, 2.45) is 0 Å². The number of hydrogen-bond acceptors (Lipinski definition) is 9. The average Bonchev–Trinajstić information content (AvgIpc) is 3.05. The van der Waals surface area contributed by atoms with Gasteiger partial charge in [0.1, 0.15) is 29.6 Å². The third kappa shape index (κ3) is 6.82. The number of aromatic amines is 1. The number of halogens is 2. The standard InChI is InChI=1S/C24H32F2N3O9P/c1-13(2)35-20(32)14(3)28-39(34,37-15-10-8-7-9-11-15)38-23(4,5)18-17(30)24(6,26)21(36-18)29-12-16(25)19(31)27-22(29)33/h7-14,17-18,21,30H,1-6H3,(H,28,34)(H,27,31,33)/t14-,17?,18-,21+,24+,39+/m0/s1. The van der Waals surface area contributed by atoms with Gasteiger partial charge in [-0.2, -0.15) is 9.48 Å². The Bertz CT molecular complexity index is 1350. The second kappa shape index (κ2) is 11.3. The van der Waals surface area contributed by atoms with Crippen molar-refractivity contribution in [2.75, 3.05) is 0 Å². The number of rotatable bonds is 10. The summed E-state index contributed by atoms with van der Waals surface area (Å²) in [5, 5.41) is 13.4. The summed E-state index contributed by atoms with van der Waals surface area (Å²) in [5.74, 6) is -2.03. The molecule has 12 nitrogen and oxygen atoms in total. The van der Waals surface area contributed by atoms with Gasteiger partial charge in [0.2, 0.25) is 5.82 Å². The smallest absolute Gasteiger partial charge is 0.460 e. The third-order valence-corrected chi connectivity index (χ3v) is 7.73. The van der Waals surface area contributed by atoms with E-state index < -0.39 is 72.6 Å². The topological polar surface area (TPSA) is 158 Å². The predicted octanol–water partition coefficient (Wildman–Crippen LogP) is 2.57. The van der Waals surface area contributed by atoms with Crippen molar-refractivity contribution in [1.29, 1.82) is 0 Å². The highest BCUT2D eigenvalue weighted by atomic mass is 31.2. The number of benzene rings is 1. The van der Waals surface area contributed by atoms with Crippen LogP contribution in [-0.2, 0) is 23.4 Å². The van der Waals surface area contributed by atoms with E-state index in [1.807, 2.05) is 0 Å². The number of aliphatic hydroxyl groups is 1. The van der Waals surface area contributed by atoms with Crippen molar-refractivity contribution in [3.63, 3.8) is 0 Å². The van der Waals surface area contributed by atoms with Crippen molar-refractivity contribution < 1.29 is 41.8 Å². The zero-order chi connectivity index (χ0) is 29.3. The molecule has 6 atom stereocenters. The lowest BCUT2D eigenvalue weighted by Crippen LogP contribution is -2.50. The van der Waals surface area contributed by atoms with Crippen LogP contribution in [0.1, 0.15) is 47.8 Å². The molecule has 0 spiro atoms. The molecule has 1 unspecified atom stereocenters. The quantitative estimate of drug-likeness (QED) is 0.284. The average molecular weight is 576 g/mol. The molecule has 1 fully saturated rings. The van der Waals surface area contributed by atoms with E-state index in [0.717, 1.165) is 6.92 Å². The van der Waals surface area contributed by atoms with E-state index >= 15 is 4.39 Å². The second-order valence-corrected chi connectivity index (χ2v) is 11.7. The van der Waals surface area contributed by atoms with Gasteiger partial charge in [0.05, 0.1) is 12.3 Å². The van der Waals surface area contributed by atoms with Gasteiger partial charge in [-0.1, -0.05) is 18.2 Å². The number of nitrogens with one attached hydrogen (secondary N) is 2. The van der Waals surface area contributed by atoms with Crippen LogP contribution in [0.25, 0.3) is 0 Å². The molecule has 0 amide bonds. The molecule has 15 heteroatoms. The molecule has 1 aromatic heterocycles. The van der Waals surface area contributed by atoms with Gasteiger partial charge in [-0.15, -0.1) is 0 Å². The van der Waals surface area contributed by atoms with Gasteiger partial charge < -0.3 is 19.1 Å². The number of carbonyl (C=O) groups excluding carboxylic acids is 1. The normalized spacial score (nSPS) is 25.7. The molecule has 1 aliphatic heterocycles.